The Hall–Kier alpha value is -3.37. The number of piperidine rings is 1. The average Bonchev–Trinajstić information content (AvgIpc) is 2.91. The first kappa shape index (κ1) is 27.7. The third-order valence-electron chi connectivity index (χ3n) is 6.84. The predicted molar refractivity (Wildman–Crippen MR) is 152 cm³/mol. The zero-order valence-corrected chi connectivity index (χ0v) is 23.2. The van der Waals surface area contributed by atoms with Crippen molar-refractivity contribution in [1.29, 1.82) is 0 Å². The van der Waals surface area contributed by atoms with Crippen LogP contribution in [-0.4, -0.2) is 72.7 Å². The summed E-state index contributed by atoms with van der Waals surface area (Å²) in [4.78, 5) is 38.0. The summed E-state index contributed by atoms with van der Waals surface area (Å²) in [5, 5.41) is 6.98. The van der Waals surface area contributed by atoms with Crippen LogP contribution in [0.25, 0.3) is 10.9 Å². The summed E-state index contributed by atoms with van der Waals surface area (Å²) in [5.74, 6) is 1.61. The van der Waals surface area contributed by atoms with Gasteiger partial charge in [0, 0.05) is 38.3 Å². The maximum absolute atomic E-state index is 12.7. The van der Waals surface area contributed by atoms with Crippen molar-refractivity contribution in [1.82, 2.24) is 24.8 Å². The number of carbonyl (C=O) groups excluding carboxylic acids is 1. The molecular formula is C27H36ClN7O3. The molecule has 2 aromatic heterocycles. The van der Waals surface area contributed by atoms with Crippen LogP contribution in [0.5, 0.6) is 5.75 Å². The Balaban J connectivity index is 1.52. The topological polar surface area (TPSA) is 105 Å². The average molecular weight is 542 g/mol. The quantitative estimate of drug-likeness (QED) is 0.402. The Kier molecular flexibility index (Phi) is 9.06. The third kappa shape index (κ3) is 6.73. The molecule has 0 bridgehead atoms. The van der Waals surface area contributed by atoms with Crippen molar-refractivity contribution in [3.63, 3.8) is 0 Å². The van der Waals surface area contributed by atoms with Crippen LogP contribution in [0, 0.1) is 5.92 Å². The van der Waals surface area contributed by atoms with E-state index in [0.717, 1.165) is 42.6 Å². The Bertz CT molecular complexity index is 1340. The standard InChI is InChI=1S/C27H36ClN7O3/c1-29-24(36)17-38-23-14-19-13-20(9-10-22(19)34(4)26(23)37)31-25-21(28)15-30-27(32-25)35-12-6-8-18(16-35)7-5-11-33(2)3/h9-10,13-15,18H,5-8,11-12,16-17H2,1-4H3,(H,29,36)(H,30,31,32)/t18-/m1/s1. The van der Waals surface area contributed by atoms with Crippen molar-refractivity contribution in [2.45, 2.75) is 25.7 Å². The lowest BCUT2D eigenvalue weighted by molar-refractivity contribution is -0.122. The molecule has 38 heavy (non-hydrogen) atoms. The summed E-state index contributed by atoms with van der Waals surface area (Å²) < 4.78 is 6.97. The van der Waals surface area contributed by atoms with Gasteiger partial charge >= 0.3 is 0 Å². The van der Waals surface area contributed by atoms with Gasteiger partial charge in [-0.2, -0.15) is 4.98 Å². The number of aromatic nitrogens is 3. The smallest absolute Gasteiger partial charge is 0.293 e. The van der Waals surface area contributed by atoms with E-state index in [1.165, 1.54) is 30.9 Å². The minimum Gasteiger partial charge on any atom is -0.478 e. The summed E-state index contributed by atoms with van der Waals surface area (Å²) in [7, 11) is 7.41. The fourth-order valence-corrected chi connectivity index (χ4v) is 4.90. The van der Waals surface area contributed by atoms with Crippen LogP contribution >= 0.6 is 11.6 Å². The number of aryl methyl sites for hydroxylation is 1. The highest BCUT2D eigenvalue weighted by Gasteiger charge is 2.22. The van der Waals surface area contributed by atoms with Crippen LogP contribution in [-0.2, 0) is 11.8 Å². The minimum absolute atomic E-state index is 0.105. The number of nitrogens with one attached hydrogen (secondary N) is 2. The van der Waals surface area contributed by atoms with E-state index in [1.54, 1.807) is 19.3 Å². The molecular weight excluding hydrogens is 506 g/mol. The molecule has 1 aliphatic heterocycles. The zero-order valence-electron chi connectivity index (χ0n) is 22.5. The largest absolute Gasteiger partial charge is 0.478 e. The number of ether oxygens (including phenoxy) is 1. The molecule has 1 fully saturated rings. The molecule has 0 spiro atoms. The number of pyridine rings is 1. The molecule has 4 rings (SSSR count). The molecule has 1 atom stereocenters. The van der Waals surface area contributed by atoms with Crippen LogP contribution in [0.4, 0.5) is 17.5 Å². The number of likely N-dealkylation sites (N-methyl/N-ethyl adjacent to an activating group) is 1. The Morgan fingerprint density at radius 2 is 2.11 bits per heavy atom. The lowest BCUT2D eigenvalue weighted by Crippen LogP contribution is -2.36. The lowest BCUT2D eigenvalue weighted by atomic mass is 9.93. The van der Waals surface area contributed by atoms with Gasteiger partial charge in [0.15, 0.2) is 18.2 Å². The van der Waals surface area contributed by atoms with E-state index in [2.05, 4.69) is 39.5 Å². The van der Waals surface area contributed by atoms with Gasteiger partial charge in [-0.3, -0.25) is 9.59 Å². The molecule has 11 heteroatoms. The van der Waals surface area contributed by atoms with Gasteiger partial charge < -0.3 is 29.7 Å². The molecule has 204 valence electrons. The SMILES string of the molecule is CNC(=O)COc1cc2cc(Nc3nc(N4CCC[C@@H](CCCN(C)C)C4)ncc3Cl)ccc2n(C)c1=O. The second kappa shape index (κ2) is 12.4. The fraction of sp³-hybridized carbons (Fsp3) is 0.481. The van der Waals surface area contributed by atoms with E-state index in [-0.39, 0.29) is 23.8 Å². The molecule has 1 aliphatic rings. The van der Waals surface area contributed by atoms with Crippen LogP contribution < -0.4 is 25.8 Å². The highest BCUT2D eigenvalue weighted by Crippen LogP contribution is 2.29. The van der Waals surface area contributed by atoms with Gasteiger partial charge in [-0.05, 0) is 76.5 Å². The number of halogens is 1. The van der Waals surface area contributed by atoms with Crippen molar-refractivity contribution < 1.29 is 9.53 Å². The molecule has 1 saturated heterocycles. The fourth-order valence-electron chi connectivity index (χ4n) is 4.76. The number of carbonyl (C=O) groups is 1. The summed E-state index contributed by atoms with van der Waals surface area (Å²) in [6.07, 6.45) is 6.37. The van der Waals surface area contributed by atoms with Gasteiger partial charge in [0.2, 0.25) is 5.95 Å². The van der Waals surface area contributed by atoms with E-state index in [4.69, 9.17) is 21.3 Å². The lowest BCUT2D eigenvalue weighted by Gasteiger charge is -2.33. The molecule has 0 radical (unpaired) electrons. The molecule has 2 N–H and O–H groups in total. The maximum atomic E-state index is 12.7. The summed E-state index contributed by atoms with van der Waals surface area (Å²) in [6.45, 7) is 2.73. The van der Waals surface area contributed by atoms with Crippen molar-refractivity contribution in [3.05, 3.63) is 45.8 Å². The molecule has 3 heterocycles. The number of anilines is 3. The second-order valence-corrected chi connectivity index (χ2v) is 10.4. The molecule has 1 aromatic carbocycles. The molecule has 1 amide bonds. The third-order valence-corrected chi connectivity index (χ3v) is 7.12. The first-order valence-corrected chi connectivity index (χ1v) is 13.3. The molecule has 0 saturated carbocycles. The second-order valence-electron chi connectivity index (χ2n) is 10.00. The number of benzene rings is 1. The van der Waals surface area contributed by atoms with Gasteiger partial charge in [0.05, 0.1) is 11.7 Å². The monoisotopic (exact) mass is 541 g/mol. The normalized spacial score (nSPS) is 15.6. The summed E-state index contributed by atoms with van der Waals surface area (Å²) in [6, 6.07) is 7.25. The van der Waals surface area contributed by atoms with Crippen LogP contribution in [0.3, 0.4) is 0 Å². The number of nitrogens with zero attached hydrogens (tertiary/aromatic N) is 5. The van der Waals surface area contributed by atoms with Gasteiger partial charge in [0.25, 0.3) is 11.5 Å². The minimum atomic E-state index is -0.314. The van der Waals surface area contributed by atoms with Crippen LogP contribution in [0.15, 0.2) is 35.3 Å². The summed E-state index contributed by atoms with van der Waals surface area (Å²) >= 11 is 6.47. The Morgan fingerprint density at radius 1 is 1.29 bits per heavy atom. The van der Waals surface area contributed by atoms with Gasteiger partial charge in [-0.1, -0.05) is 11.6 Å². The molecule has 0 aliphatic carbocycles. The van der Waals surface area contributed by atoms with Crippen molar-refractivity contribution in [2.24, 2.45) is 13.0 Å². The first-order valence-electron chi connectivity index (χ1n) is 12.9. The number of rotatable bonds is 10. The molecule has 10 nitrogen and oxygen atoms in total. The number of amides is 1. The van der Waals surface area contributed by atoms with E-state index in [1.807, 2.05) is 18.2 Å². The van der Waals surface area contributed by atoms with Gasteiger partial charge in [-0.15, -0.1) is 0 Å². The maximum Gasteiger partial charge on any atom is 0.293 e. The highest BCUT2D eigenvalue weighted by atomic mass is 35.5. The van der Waals surface area contributed by atoms with Crippen LogP contribution in [0.2, 0.25) is 5.02 Å². The van der Waals surface area contributed by atoms with Crippen molar-refractivity contribution in [3.8, 4) is 5.75 Å². The summed E-state index contributed by atoms with van der Waals surface area (Å²) in [5.41, 5.74) is 1.17. The van der Waals surface area contributed by atoms with Crippen LogP contribution in [0.1, 0.15) is 25.7 Å². The van der Waals surface area contributed by atoms with Gasteiger partial charge in [0.1, 0.15) is 5.02 Å². The van der Waals surface area contributed by atoms with E-state index in [0.29, 0.717) is 22.7 Å². The Labute approximate surface area is 228 Å². The molecule has 3 aromatic rings. The van der Waals surface area contributed by atoms with Gasteiger partial charge in [-0.25, -0.2) is 4.98 Å². The van der Waals surface area contributed by atoms with E-state index >= 15 is 0 Å². The molecule has 0 unspecified atom stereocenters. The number of hydrogen-bond acceptors (Lipinski definition) is 8. The van der Waals surface area contributed by atoms with E-state index in [9.17, 15) is 9.59 Å². The van der Waals surface area contributed by atoms with E-state index < -0.39 is 0 Å². The number of hydrogen-bond donors (Lipinski definition) is 2. The van der Waals surface area contributed by atoms with Crippen molar-refractivity contribution >= 4 is 45.9 Å². The van der Waals surface area contributed by atoms with Crippen molar-refractivity contribution in [2.75, 3.05) is 57.6 Å². The first-order chi connectivity index (χ1) is 18.2. The predicted octanol–water partition coefficient (Wildman–Crippen LogP) is 3.41. The highest BCUT2D eigenvalue weighted by molar-refractivity contribution is 6.32. The number of fused-ring (bicyclic) bond motifs is 1. The Morgan fingerprint density at radius 3 is 2.87 bits per heavy atom. The zero-order chi connectivity index (χ0) is 27.2.